The van der Waals surface area contributed by atoms with Gasteiger partial charge in [-0.2, -0.15) is 0 Å². The van der Waals surface area contributed by atoms with E-state index in [9.17, 15) is 0 Å². The van der Waals surface area contributed by atoms with Gasteiger partial charge in [-0.15, -0.1) is 0 Å². The van der Waals surface area contributed by atoms with Crippen LogP contribution in [0.25, 0.3) is 23.1 Å². The molecule has 1 aromatic heterocycles. The molecule has 0 N–H and O–H groups in total. The van der Waals surface area contributed by atoms with Gasteiger partial charge in [-0.25, -0.2) is 9.97 Å². The zero-order valence-electron chi connectivity index (χ0n) is 12.4. The summed E-state index contributed by atoms with van der Waals surface area (Å²) in [5.41, 5.74) is 3.05. The maximum atomic E-state index is 6.30. The first kappa shape index (κ1) is 14.0. The summed E-state index contributed by atoms with van der Waals surface area (Å²) in [6.45, 7) is 2.28. The first-order chi connectivity index (χ1) is 11.2. The van der Waals surface area contributed by atoms with Crippen molar-refractivity contribution in [1.82, 2.24) is 9.97 Å². The molecule has 2 heterocycles. The molecule has 0 amide bonds. The average Bonchev–Trinajstić information content (AvgIpc) is 3.00. The number of halogens is 1. The second-order valence-corrected chi connectivity index (χ2v) is 5.64. The summed E-state index contributed by atoms with van der Waals surface area (Å²) in [5, 5.41) is 1.15. The third-order valence-electron chi connectivity index (χ3n) is 3.76. The molecule has 114 valence electrons. The Hall–Kier alpha value is -2.59. The van der Waals surface area contributed by atoms with Crippen LogP contribution in [0.15, 0.2) is 36.4 Å². The molecule has 4 rings (SSSR count). The summed E-state index contributed by atoms with van der Waals surface area (Å²) in [6, 6.07) is 11.8. The second-order valence-electron chi connectivity index (χ2n) is 5.29. The van der Waals surface area contributed by atoms with E-state index in [1.54, 1.807) is 0 Å². The van der Waals surface area contributed by atoms with Crippen LogP contribution in [0.2, 0.25) is 5.15 Å². The lowest BCUT2D eigenvalue weighted by molar-refractivity contribution is 0.174. The summed E-state index contributed by atoms with van der Waals surface area (Å²) in [6.07, 6.45) is 3.85. The van der Waals surface area contributed by atoms with Gasteiger partial charge in [0.25, 0.3) is 0 Å². The fourth-order valence-electron chi connectivity index (χ4n) is 2.51. The smallest absolute Gasteiger partial charge is 0.231 e. The average molecular weight is 325 g/mol. The monoisotopic (exact) mass is 324 g/mol. The summed E-state index contributed by atoms with van der Waals surface area (Å²) >= 11 is 6.30. The third-order valence-corrected chi connectivity index (χ3v) is 4.05. The quantitative estimate of drug-likeness (QED) is 0.651. The van der Waals surface area contributed by atoms with Gasteiger partial charge in [0.05, 0.1) is 5.52 Å². The van der Waals surface area contributed by atoms with E-state index in [2.05, 4.69) is 23.0 Å². The van der Waals surface area contributed by atoms with Crippen molar-refractivity contribution in [2.75, 3.05) is 6.79 Å². The van der Waals surface area contributed by atoms with Crippen LogP contribution in [0.1, 0.15) is 17.0 Å². The topological polar surface area (TPSA) is 44.2 Å². The normalized spacial score (nSPS) is 13.1. The molecular formula is C18H13ClN2O2. The Morgan fingerprint density at radius 3 is 2.65 bits per heavy atom. The van der Waals surface area contributed by atoms with Crippen LogP contribution in [0.3, 0.4) is 0 Å². The molecule has 23 heavy (non-hydrogen) atoms. The van der Waals surface area contributed by atoms with Crippen molar-refractivity contribution in [2.24, 2.45) is 0 Å². The van der Waals surface area contributed by atoms with E-state index in [-0.39, 0.29) is 6.79 Å². The zero-order valence-corrected chi connectivity index (χ0v) is 13.2. The van der Waals surface area contributed by atoms with Crippen LogP contribution in [-0.4, -0.2) is 16.8 Å². The van der Waals surface area contributed by atoms with Crippen LogP contribution in [0.5, 0.6) is 11.5 Å². The molecule has 0 radical (unpaired) electrons. The van der Waals surface area contributed by atoms with Gasteiger partial charge in [-0.05, 0) is 30.2 Å². The minimum atomic E-state index is 0.219. The molecule has 4 nitrogen and oxygen atoms in total. The highest BCUT2D eigenvalue weighted by Crippen LogP contribution is 2.37. The summed E-state index contributed by atoms with van der Waals surface area (Å²) < 4.78 is 10.7. The molecule has 0 spiro atoms. The maximum absolute atomic E-state index is 6.30. The van der Waals surface area contributed by atoms with E-state index in [4.69, 9.17) is 21.1 Å². The van der Waals surface area contributed by atoms with Crippen LogP contribution in [-0.2, 0) is 0 Å². The fourth-order valence-corrected chi connectivity index (χ4v) is 2.75. The minimum absolute atomic E-state index is 0.219. The number of aryl methyl sites for hydroxylation is 1. The highest BCUT2D eigenvalue weighted by molar-refractivity contribution is 6.34. The van der Waals surface area contributed by atoms with Crippen LogP contribution in [0.4, 0.5) is 0 Å². The Labute approximate surface area is 138 Å². The summed E-state index contributed by atoms with van der Waals surface area (Å²) in [5.74, 6) is 1.91. The van der Waals surface area contributed by atoms with Gasteiger partial charge in [0.1, 0.15) is 5.15 Å². The fraction of sp³-hybridized carbons (Fsp3) is 0.111. The first-order valence-electron chi connectivity index (χ1n) is 7.21. The van der Waals surface area contributed by atoms with Gasteiger partial charge in [0.2, 0.25) is 6.79 Å². The number of hydrogen-bond donors (Lipinski definition) is 0. The highest BCUT2D eigenvalue weighted by Gasteiger charge is 2.16. The number of hydrogen-bond acceptors (Lipinski definition) is 4. The van der Waals surface area contributed by atoms with Crippen molar-refractivity contribution >= 4 is 34.7 Å². The van der Waals surface area contributed by atoms with E-state index in [0.717, 1.165) is 16.5 Å². The molecule has 0 atom stereocenters. The molecule has 2 aromatic carbocycles. The zero-order chi connectivity index (χ0) is 15.8. The lowest BCUT2D eigenvalue weighted by atomic mass is 10.1. The van der Waals surface area contributed by atoms with Crippen LogP contribution < -0.4 is 9.47 Å². The Morgan fingerprint density at radius 1 is 1.04 bits per heavy atom. The molecule has 0 aliphatic carbocycles. The van der Waals surface area contributed by atoms with Gasteiger partial charge in [0.15, 0.2) is 17.3 Å². The van der Waals surface area contributed by atoms with Crippen molar-refractivity contribution in [3.05, 3.63) is 58.5 Å². The molecule has 0 bridgehead atoms. The lowest BCUT2D eigenvalue weighted by Gasteiger charge is -2.04. The van der Waals surface area contributed by atoms with Gasteiger partial charge < -0.3 is 9.47 Å². The second kappa shape index (κ2) is 5.56. The lowest BCUT2D eigenvalue weighted by Crippen LogP contribution is -1.92. The molecule has 1 aliphatic rings. The molecule has 1 aliphatic heterocycles. The van der Waals surface area contributed by atoms with E-state index in [0.29, 0.717) is 22.5 Å². The van der Waals surface area contributed by atoms with Crippen molar-refractivity contribution < 1.29 is 9.47 Å². The van der Waals surface area contributed by atoms with E-state index in [1.807, 2.05) is 42.5 Å². The van der Waals surface area contributed by atoms with Crippen molar-refractivity contribution in [3.8, 4) is 11.5 Å². The van der Waals surface area contributed by atoms with Gasteiger partial charge in [0, 0.05) is 11.5 Å². The Bertz CT molecular complexity index is 938. The number of benzene rings is 2. The SMILES string of the molecule is Cc1ccccc1/C=C/c1nc(Cl)c2cc3c(cc2n1)OCO3. The van der Waals surface area contributed by atoms with Crippen molar-refractivity contribution in [3.63, 3.8) is 0 Å². The Kier molecular flexibility index (Phi) is 3.39. The number of aromatic nitrogens is 2. The number of fused-ring (bicyclic) bond motifs is 2. The van der Waals surface area contributed by atoms with Crippen LogP contribution in [0, 0.1) is 6.92 Å². The summed E-state index contributed by atoms with van der Waals surface area (Å²) in [4.78, 5) is 8.88. The molecule has 3 aromatic rings. The third kappa shape index (κ3) is 2.62. The predicted molar refractivity (Wildman–Crippen MR) is 90.8 cm³/mol. The number of ether oxygens (including phenoxy) is 2. The van der Waals surface area contributed by atoms with Crippen LogP contribution >= 0.6 is 11.6 Å². The molecular weight excluding hydrogens is 312 g/mol. The largest absolute Gasteiger partial charge is 0.454 e. The Morgan fingerprint density at radius 2 is 1.83 bits per heavy atom. The van der Waals surface area contributed by atoms with Gasteiger partial charge in [-0.3, -0.25) is 0 Å². The first-order valence-corrected chi connectivity index (χ1v) is 7.59. The molecule has 0 unspecified atom stereocenters. The standard InChI is InChI=1S/C18H13ClN2O2/c1-11-4-2-3-5-12(11)6-7-17-20-14-9-16-15(22-10-23-16)8-13(14)18(19)21-17/h2-9H,10H2,1H3/b7-6+. The van der Waals surface area contributed by atoms with E-state index >= 15 is 0 Å². The number of nitrogens with zero attached hydrogens (tertiary/aromatic N) is 2. The van der Waals surface area contributed by atoms with Gasteiger partial charge in [-0.1, -0.05) is 41.9 Å². The maximum Gasteiger partial charge on any atom is 0.231 e. The molecule has 0 saturated heterocycles. The van der Waals surface area contributed by atoms with Crippen molar-refractivity contribution in [2.45, 2.75) is 6.92 Å². The molecule has 0 fully saturated rings. The van der Waals surface area contributed by atoms with Gasteiger partial charge >= 0.3 is 0 Å². The van der Waals surface area contributed by atoms with Crippen molar-refractivity contribution in [1.29, 1.82) is 0 Å². The predicted octanol–water partition coefficient (Wildman–Crippen LogP) is 4.49. The molecule has 0 saturated carbocycles. The Balaban J connectivity index is 1.76. The van der Waals surface area contributed by atoms with E-state index in [1.165, 1.54) is 5.56 Å². The minimum Gasteiger partial charge on any atom is -0.454 e. The molecule has 5 heteroatoms. The number of rotatable bonds is 2. The van der Waals surface area contributed by atoms with E-state index < -0.39 is 0 Å². The summed E-state index contributed by atoms with van der Waals surface area (Å²) in [7, 11) is 0. The highest BCUT2D eigenvalue weighted by atomic mass is 35.5.